The molecular weight excluding hydrogens is 528 g/mol. The van der Waals surface area contributed by atoms with Gasteiger partial charge in [-0.3, -0.25) is 4.79 Å². The molecule has 0 radical (unpaired) electrons. The second-order valence-electron chi connectivity index (χ2n) is 7.53. The van der Waals surface area contributed by atoms with E-state index >= 15 is 0 Å². The maximum absolute atomic E-state index is 12.8. The average Bonchev–Trinajstić information content (AvgIpc) is 2.88. The van der Waals surface area contributed by atoms with Crippen LogP contribution in [0.25, 0.3) is 0 Å². The molecule has 4 aromatic carbocycles. The number of nitrogens with zero attached hydrogens (tertiary/aromatic N) is 1. The van der Waals surface area contributed by atoms with Gasteiger partial charge in [0.2, 0.25) is 0 Å². The first-order chi connectivity index (χ1) is 17.1. The quantitative estimate of drug-likeness (QED) is 0.180. The summed E-state index contributed by atoms with van der Waals surface area (Å²) in [6.45, 7) is 0.666. The molecule has 0 aliphatic heterocycles. The number of hydrogen-bond acceptors (Lipinski definition) is 4. The Balaban J connectivity index is 1.42. The van der Waals surface area contributed by atoms with E-state index in [1.54, 1.807) is 36.5 Å². The molecule has 35 heavy (non-hydrogen) atoms. The van der Waals surface area contributed by atoms with E-state index in [0.717, 1.165) is 21.2 Å². The summed E-state index contributed by atoms with van der Waals surface area (Å²) in [5, 5.41) is 4.76. The minimum atomic E-state index is -0.391. The monoisotopic (exact) mass is 548 g/mol. The van der Waals surface area contributed by atoms with Gasteiger partial charge in [0, 0.05) is 20.6 Å². The molecule has 0 spiro atoms. The van der Waals surface area contributed by atoms with Crippen molar-refractivity contribution in [2.45, 2.75) is 13.2 Å². The molecule has 4 aromatic rings. The largest absolute Gasteiger partial charge is 0.488 e. The first kappa shape index (κ1) is 24.5. The van der Waals surface area contributed by atoms with E-state index in [1.807, 2.05) is 66.7 Å². The van der Waals surface area contributed by atoms with Crippen LogP contribution in [0, 0.1) is 0 Å². The van der Waals surface area contributed by atoms with Crippen LogP contribution in [0.4, 0.5) is 0 Å². The van der Waals surface area contributed by atoms with Gasteiger partial charge in [-0.05, 0) is 42.0 Å². The lowest BCUT2D eigenvalue weighted by Gasteiger charge is -2.11. The fraction of sp³-hybridized carbons (Fsp3) is 0.0714. The number of hydrazone groups is 1. The fourth-order valence-electron chi connectivity index (χ4n) is 3.26. The van der Waals surface area contributed by atoms with Crippen molar-refractivity contribution in [3.63, 3.8) is 0 Å². The molecule has 0 saturated heterocycles. The minimum Gasteiger partial charge on any atom is -0.488 e. The zero-order chi connectivity index (χ0) is 24.5. The second-order valence-corrected chi connectivity index (χ2v) is 8.85. The van der Waals surface area contributed by atoms with Crippen LogP contribution in [0.3, 0.4) is 0 Å². The average molecular weight is 550 g/mol. The van der Waals surface area contributed by atoms with Crippen LogP contribution in [0.2, 0.25) is 5.02 Å². The zero-order valence-corrected chi connectivity index (χ0v) is 21.0. The predicted octanol–water partition coefficient (Wildman–Crippen LogP) is 7.02. The van der Waals surface area contributed by atoms with Gasteiger partial charge >= 0.3 is 0 Å². The van der Waals surface area contributed by atoms with Crippen molar-refractivity contribution in [1.29, 1.82) is 0 Å². The van der Waals surface area contributed by atoms with Gasteiger partial charge in [0.15, 0.2) is 0 Å². The van der Waals surface area contributed by atoms with Gasteiger partial charge < -0.3 is 9.47 Å². The maximum Gasteiger partial charge on any atom is 0.275 e. The molecule has 1 amide bonds. The Bertz CT molecular complexity index is 1330. The topological polar surface area (TPSA) is 59.9 Å². The number of ether oxygens (including phenoxy) is 2. The summed E-state index contributed by atoms with van der Waals surface area (Å²) in [6.07, 6.45) is 1.55. The van der Waals surface area contributed by atoms with Gasteiger partial charge in [0.25, 0.3) is 5.91 Å². The highest BCUT2D eigenvalue weighted by Gasteiger charge is 2.12. The molecule has 4 rings (SSSR count). The van der Waals surface area contributed by atoms with Crippen molar-refractivity contribution in [2.75, 3.05) is 0 Å². The molecule has 0 unspecified atom stereocenters. The van der Waals surface area contributed by atoms with E-state index in [0.29, 0.717) is 28.7 Å². The normalized spacial score (nSPS) is 10.8. The molecule has 0 aromatic heterocycles. The zero-order valence-electron chi connectivity index (χ0n) is 18.7. The predicted molar refractivity (Wildman–Crippen MR) is 142 cm³/mol. The summed E-state index contributed by atoms with van der Waals surface area (Å²) < 4.78 is 12.7. The molecule has 1 N–H and O–H groups in total. The van der Waals surface area contributed by atoms with Gasteiger partial charge in [-0.1, -0.05) is 88.2 Å². The standard InChI is InChI=1S/C28H22BrClN2O3/c29-23-14-15-26(34-18-20-8-2-1-3-9-20)22(16-23)17-31-32-28(33)24-11-5-7-13-27(24)35-19-21-10-4-6-12-25(21)30/h1-17H,18-19H2,(H,32,33)/b31-17-. The van der Waals surface area contributed by atoms with Crippen molar-refractivity contribution in [3.05, 3.63) is 129 Å². The van der Waals surface area contributed by atoms with Crippen LogP contribution in [-0.4, -0.2) is 12.1 Å². The summed E-state index contributed by atoms with van der Waals surface area (Å²) >= 11 is 9.68. The summed E-state index contributed by atoms with van der Waals surface area (Å²) in [6, 6.07) is 29.9. The van der Waals surface area contributed by atoms with Gasteiger partial charge in [-0.2, -0.15) is 5.10 Å². The smallest absolute Gasteiger partial charge is 0.275 e. The molecular formula is C28H22BrClN2O3. The third kappa shape index (κ3) is 6.94. The number of halogens is 2. The Kier molecular flexibility index (Phi) is 8.54. The SMILES string of the molecule is O=C(N/N=C\c1cc(Br)ccc1OCc1ccccc1)c1ccccc1OCc1ccccc1Cl. The number of carbonyl (C=O) groups is 1. The highest BCUT2D eigenvalue weighted by Crippen LogP contribution is 2.24. The van der Waals surface area contributed by atoms with E-state index in [9.17, 15) is 4.79 Å². The van der Waals surface area contributed by atoms with Gasteiger partial charge in [-0.15, -0.1) is 0 Å². The Morgan fingerprint density at radius 3 is 2.40 bits per heavy atom. The van der Waals surface area contributed by atoms with Crippen LogP contribution in [0.5, 0.6) is 11.5 Å². The van der Waals surface area contributed by atoms with Crippen molar-refractivity contribution < 1.29 is 14.3 Å². The van der Waals surface area contributed by atoms with Crippen LogP contribution in [0.15, 0.2) is 107 Å². The number of benzene rings is 4. The summed E-state index contributed by atoms with van der Waals surface area (Å²) in [7, 11) is 0. The van der Waals surface area contributed by atoms with Crippen LogP contribution < -0.4 is 14.9 Å². The molecule has 0 fully saturated rings. The van der Waals surface area contributed by atoms with Crippen molar-refractivity contribution in [3.8, 4) is 11.5 Å². The van der Waals surface area contributed by atoms with Crippen LogP contribution in [-0.2, 0) is 13.2 Å². The first-order valence-electron chi connectivity index (χ1n) is 10.8. The lowest BCUT2D eigenvalue weighted by molar-refractivity contribution is 0.0950. The number of para-hydroxylation sites is 1. The molecule has 0 aliphatic rings. The maximum atomic E-state index is 12.8. The molecule has 0 bridgehead atoms. The van der Waals surface area contributed by atoms with Crippen LogP contribution in [0.1, 0.15) is 27.0 Å². The second kappa shape index (κ2) is 12.2. The molecule has 0 heterocycles. The summed E-state index contributed by atoms with van der Waals surface area (Å²) in [5.41, 5.74) is 5.55. The number of hydrogen-bond donors (Lipinski definition) is 1. The molecule has 0 saturated carbocycles. The Morgan fingerprint density at radius 1 is 0.857 bits per heavy atom. The van der Waals surface area contributed by atoms with Crippen LogP contribution >= 0.6 is 27.5 Å². The highest BCUT2D eigenvalue weighted by atomic mass is 79.9. The fourth-order valence-corrected chi connectivity index (χ4v) is 3.83. The van der Waals surface area contributed by atoms with E-state index < -0.39 is 5.91 Å². The molecule has 7 heteroatoms. The number of amides is 1. The molecule has 0 atom stereocenters. The third-order valence-electron chi connectivity index (χ3n) is 5.05. The van der Waals surface area contributed by atoms with E-state index in [2.05, 4.69) is 26.5 Å². The van der Waals surface area contributed by atoms with E-state index in [-0.39, 0.29) is 6.61 Å². The Hall–Kier alpha value is -3.61. The number of nitrogens with one attached hydrogen (secondary N) is 1. The molecule has 5 nitrogen and oxygen atoms in total. The third-order valence-corrected chi connectivity index (χ3v) is 5.91. The molecule has 176 valence electrons. The lowest BCUT2D eigenvalue weighted by Crippen LogP contribution is -2.18. The lowest BCUT2D eigenvalue weighted by atomic mass is 10.2. The highest BCUT2D eigenvalue weighted by molar-refractivity contribution is 9.10. The number of carbonyl (C=O) groups excluding carboxylic acids is 1. The van der Waals surface area contributed by atoms with E-state index in [4.69, 9.17) is 21.1 Å². The first-order valence-corrected chi connectivity index (χ1v) is 12.0. The summed E-state index contributed by atoms with van der Waals surface area (Å²) in [4.78, 5) is 12.8. The van der Waals surface area contributed by atoms with Gasteiger partial charge in [0.1, 0.15) is 24.7 Å². The van der Waals surface area contributed by atoms with Crippen molar-refractivity contribution >= 4 is 39.7 Å². The van der Waals surface area contributed by atoms with Crippen molar-refractivity contribution in [1.82, 2.24) is 5.43 Å². The minimum absolute atomic E-state index is 0.243. The Morgan fingerprint density at radius 2 is 1.57 bits per heavy atom. The van der Waals surface area contributed by atoms with Crippen molar-refractivity contribution in [2.24, 2.45) is 5.10 Å². The van der Waals surface area contributed by atoms with Gasteiger partial charge in [-0.25, -0.2) is 5.43 Å². The summed E-state index contributed by atoms with van der Waals surface area (Å²) in [5.74, 6) is 0.700. The van der Waals surface area contributed by atoms with Gasteiger partial charge in [0.05, 0.1) is 11.8 Å². The van der Waals surface area contributed by atoms with E-state index in [1.165, 1.54) is 0 Å². The number of rotatable bonds is 9. The molecule has 0 aliphatic carbocycles. The Labute approximate surface area is 217 Å².